The maximum atomic E-state index is 14.1. The molecule has 1 saturated carbocycles. The normalized spacial score (nSPS) is 18.5. The van der Waals surface area contributed by atoms with Crippen LogP contribution in [0.1, 0.15) is 127 Å². The molecule has 2 aromatic heterocycles. The van der Waals surface area contributed by atoms with Crippen molar-refractivity contribution in [1.29, 1.82) is 0 Å². The van der Waals surface area contributed by atoms with Gasteiger partial charge in [0.05, 0.1) is 27.7 Å². The summed E-state index contributed by atoms with van der Waals surface area (Å²) in [7, 11) is 3.52. The molecule has 3 aromatic carbocycles. The monoisotopic (exact) mass is 1140 g/mol. The van der Waals surface area contributed by atoms with Crippen molar-refractivity contribution in [3.05, 3.63) is 130 Å². The molecule has 0 bridgehead atoms. The largest absolute Gasteiger partial charge is 0.391 e. The molecule has 18 nitrogen and oxygen atoms in total. The zero-order valence-electron chi connectivity index (χ0n) is 48.7. The summed E-state index contributed by atoms with van der Waals surface area (Å²) in [6.45, 7) is 15.8. The number of amides is 6. The quantitative estimate of drug-likeness (QED) is 0.0458. The molecule has 5 aromatic rings. The highest BCUT2D eigenvalue weighted by Crippen LogP contribution is 2.49. The number of hydrogen-bond acceptors (Lipinski definition) is 12. The van der Waals surface area contributed by atoms with E-state index in [2.05, 4.69) is 63.7 Å². The third kappa shape index (κ3) is 14.5. The molecule has 19 heteroatoms. The van der Waals surface area contributed by atoms with Gasteiger partial charge in [0, 0.05) is 122 Å². The van der Waals surface area contributed by atoms with Gasteiger partial charge in [-0.1, -0.05) is 75.7 Å². The highest BCUT2D eigenvalue weighted by Gasteiger charge is 2.49. The molecule has 3 fully saturated rings. The maximum Gasteiger partial charge on any atom is 0.268 e. The van der Waals surface area contributed by atoms with Crippen molar-refractivity contribution in [2.75, 3.05) is 71.8 Å². The first-order valence-electron chi connectivity index (χ1n) is 29.3. The summed E-state index contributed by atoms with van der Waals surface area (Å²) in [4.78, 5) is 95.7. The number of thiazole rings is 1. The molecule has 4 aliphatic rings. The summed E-state index contributed by atoms with van der Waals surface area (Å²) < 4.78 is 2.20. The van der Waals surface area contributed by atoms with Gasteiger partial charge in [0.1, 0.15) is 17.8 Å². The smallest absolute Gasteiger partial charge is 0.268 e. The first-order chi connectivity index (χ1) is 39.3. The minimum absolute atomic E-state index is 0.00569. The second-order valence-electron chi connectivity index (χ2n) is 24.1. The first kappa shape index (κ1) is 59.8. The van der Waals surface area contributed by atoms with Gasteiger partial charge in [0.25, 0.3) is 11.8 Å². The Morgan fingerprint density at radius 3 is 2.05 bits per heavy atom. The van der Waals surface area contributed by atoms with Crippen molar-refractivity contribution in [2.45, 2.75) is 135 Å². The van der Waals surface area contributed by atoms with E-state index in [0.717, 1.165) is 112 Å². The van der Waals surface area contributed by atoms with Gasteiger partial charge in [-0.25, -0.2) is 4.98 Å². The van der Waals surface area contributed by atoms with E-state index in [-0.39, 0.29) is 66.9 Å². The number of β-amino-alcohol motifs (C(OH)–C–C–N with tert-alkyl or cyclic N) is 1. The van der Waals surface area contributed by atoms with Crippen LogP contribution >= 0.6 is 11.3 Å². The highest BCUT2D eigenvalue weighted by atomic mass is 32.1. The molecular weight excluding hydrogens is 1050 g/mol. The van der Waals surface area contributed by atoms with Gasteiger partial charge in [-0.3, -0.25) is 33.7 Å². The minimum atomic E-state index is -0.867. The van der Waals surface area contributed by atoms with Crippen molar-refractivity contribution in [2.24, 2.45) is 5.41 Å². The standard InChI is InChI=1S/C63H83N11O7S/c1-43-56(82-42-66-43)47-18-12-44(13-19-47)38-65-59(79)52-37-50(75)41-74(52)61(81)57(62(2,3)4)68-54(76)11-8-7-9-29-70-31-33-71(34-32-70)30-26-55(77)67-49-22-16-45(17-23-49)39-64-58(78)51-24-25-53-63(27-10-28-63)72(35-36-73(51)53)40-46-14-20-48(21-15-46)60(80)69(5)6/h12-25,42,50,52,57,75H,7-11,26-41H2,1-6H3,(H,64,78)(H,65,79)(H,67,77)(H,68,76)/t50-,52+,57-/m1/s1. The topological polar surface area (TPSA) is 205 Å². The van der Waals surface area contributed by atoms with E-state index in [9.17, 15) is 33.9 Å². The number of aliphatic hydroxyl groups is 1. The Morgan fingerprint density at radius 1 is 0.756 bits per heavy atom. The number of piperazine rings is 1. The third-order valence-electron chi connectivity index (χ3n) is 17.0. The number of unbranched alkanes of at least 4 members (excludes halogenated alkanes) is 2. The summed E-state index contributed by atoms with van der Waals surface area (Å²) in [6.07, 6.45) is 5.68. The van der Waals surface area contributed by atoms with Crippen molar-refractivity contribution in [1.82, 2.24) is 50.0 Å². The molecule has 3 aliphatic heterocycles. The molecule has 5 heterocycles. The number of benzene rings is 3. The number of aryl methyl sites for hydroxylation is 1. The van der Waals surface area contributed by atoms with Crippen molar-refractivity contribution < 1.29 is 33.9 Å². The van der Waals surface area contributed by atoms with Crippen LogP contribution in [0.3, 0.4) is 0 Å². The van der Waals surface area contributed by atoms with Crippen molar-refractivity contribution in [3.8, 4) is 10.4 Å². The minimum Gasteiger partial charge on any atom is -0.391 e. The van der Waals surface area contributed by atoms with Crippen LogP contribution in [0.25, 0.3) is 10.4 Å². The van der Waals surface area contributed by atoms with Gasteiger partial charge in [-0.2, -0.15) is 0 Å². The average molecular weight is 1140 g/mol. The van der Waals surface area contributed by atoms with E-state index in [4.69, 9.17) is 0 Å². The number of hydrogen-bond donors (Lipinski definition) is 5. The Bertz CT molecular complexity index is 3030. The van der Waals surface area contributed by atoms with E-state index >= 15 is 0 Å². The van der Waals surface area contributed by atoms with E-state index in [0.29, 0.717) is 42.9 Å². The zero-order chi connectivity index (χ0) is 58.1. The Hall–Kier alpha value is -6.77. The lowest BCUT2D eigenvalue weighted by atomic mass is 9.71. The lowest BCUT2D eigenvalue weighted by molar-refractivity contribution is -0.144. The molecule has 82 heavy (non-hydrogen) atoms. The number of carbonyl (C=O) groups is 6. The Labute approximate surface area is 487 Å². The molecule has 2 saturated heterocycles. The lowest BCUT2D eigenvalue weighted by Gasteiger charge is -2.53. The van der Waals surface area contributed by atoms with Crippen LogP contribution in [0.15, 0.2) is 90.4 Å². The number of aliphatic hydroxyl groups excluding tert-OH is 1. The van der Waals surface area contributed by atoms with Crippen molar-refractivity contribution >= 4 is 52.5 Å². The second kappa shape index (κ2) is 26.6. The van der Waals surface area contributed by atoms with E-state index in [1.54, 1.807) is 30.3 Å². The molecule has 9 rings (SSSR count). The SMILES string of the molecule is Cc1ncsc1-c1ccc(CNC(=O)[C@@H]2C[C@@H](O)CN2C(=O)[C@@H](NC(=O)CCCCCN2CCN(CCC(=O)Nc3ccc(CNC(=O)c4ccc5n4CCN(Cc4ccc(C(=O)N(C)C)cc4)C54CCC4)cc3)CC2)C(C)(C)C)cc1. The average Bonchev–Trinajstić information content (AvgIpc) is 4.18. The van der Waals surface area contributed by atoms with Crippen molar-refractivity contribution in [3.63, 3.8) is 0 Å². The van der Waals surface area contributed by atoms with E-state index < -0.39 is 23.6 Å². The van der Waals surface area contributed by atoms with Gasteiger partial charge >= 0.3 is 0 Å². The van der Waals surface area contributed by atoms with Crippen LogP contribution in [0.5, 0.6) is 0 Å². The zero-order valence-corrected chi connectivity index (χ0v) is 49.5. The maximum absolute atomic E-state index is 14.1. The summed E-state index contributed by atoms with van der Waals surface area (Å²) in [5.41, 5.74) is 9.42. The molecule has 1 spiro atoms. The number of carbonyl (C=O) groups excluding carboxylic acids is 6. The summed E-state index contributed by atoms with van der Waals surface area (Å²) in [5.74, 6) is -1.07. The molecule has 0 unspecified atom stereocenters. The Balaban J connectivity index is 0.636. The van der Waals surface area contributed by atoms with Gasteiger partial charge in [-0.15, -0.1) is 11.3 Å². The molecule has 0 radical (unpaired) electrons. The van der Waals surface area contributed by atoms with Crippen LogP contribution in [0.2, 0.25) is 0 Å². The number of nitrogens with one attached hydrogen (secondary N) is 4. The highest BCUT2D eigenvalue weighted by molar-refractivity contribution is 7.13. The second-order valence-corrected chi connectivity index (χ2v) is 24.9. The van der Waals surface area contributed by atoms with Crippen LogP contribution in [0.4, 0.5) is 5.69 Å². The molecular formula is C63H83N11O7S. The van der Waals surface area contributed by atoms with Gasteiger partial charge in [0.2, 0.25) is 23.6 Å². The molecule has 1 aliphatic carbocycles. The van der Waals surface area contributed by atoms with Gasteiger partial charge < -0.3 is 50.5 Å². The number of rotatable bonds is 22. The number of likely N-dealkylation sites (tertiary alicyclic amines) is 1. The number of aromatic nitrogens is 2. The molecule has 5 N–H and O–H groups in total. The van der Waals surface area contributed by atoms with Crippen LogP contribution in [-0.4, -0.2) is 159 Å². The van der Waals surface area contributed by atoms with Crippen LogP contribution in [-0.2, 0) is 50.9 Å². The summed E-state index contributed by atoms with van der Waals surface area (Å²) in [5, 5.41) is 22.7. The molecule has 3 atom stereocenters. The van der Waals surface area contributed by atoms with E-state index in [1.807, 2.05) is 99.9 Å². The Morgan fingerprint density at radius 2 is 1.41 bits per heavy atom. The number of nitrogens with zero attached hydrogens (tertiary/aromatic N) is 7. The fourth-order valence-electron chi connectivity index (χ4n) is 12.0. The fraction of sp³-hybridized carbons (Fsp3) is 0.508. The summed E-state index contributed by atoms with van der Waals surface area (Å²) in [6, 6.07) is 25.9. The number of fused-ring (bicyclic) bond motifs is 2. The lowest BCUT2D eigenvalue weighted by Crippen LogP contribution is -2.57. The van der Waals surface area contributed by atoms with Gasteiger partial charge in [0.15, 0.2) is 0 Å². The fourth-order valence-corrected chi connectivity index (χ4v) is 12.8. The predicted molar refractivity (Wildman–Crippen MR) is 319 cm³/mol. The van der Waals surface area contributed by atoms with Gasteiger partial charge in [-0.05, 0) is 110 Å². The molecule has 6 amide bonds. The van der Waals surface area contributed by atoms with E-state index in [1.165, 1.54) is 16.2 Å². The molecule has 438 valence electrons. The van der Waals surface area contributed by atoms with Crippen LogP contribution in [0, 0.1) is 12.3 Å². The first-order valence-corrected chi connectivity index (χ1v) is 30.2. The summed E-state index contributed by atoms with van der Waals surface area (Å²) >= 11 is 1.58. The number of anilines is 1. The third-order valence-corrected chi connectivity index (χ3v) is 17.9. The van der Waals surface area contributed by atoms with Crippen LogP contribution < -0.4 is 21.3 Å². The Kier molecular flexibility index (Phi) is 19.4. The predicted octanol–water partition coefficient (Wildman–Crippen LogP) is 6.76.